The highest BCUT2D eigenvalue weighted by atomic mass is 16.3. The molecule has 1 N–H and O–H groups in total. The molecule has 1 rings (SSSR count). The van der Waals surface area contributed by atoms with Crippen LogP contribution < -0.4 is 0 Å². The molecule has 1 heterocycles. The van der Waals surface area contributed by atoms with Crippen LogP contribution in [0.2, 0.25) is 0 Å². The van der Waals surface area contributed by atoms with Gasteiger partial charge in [0.2, 0.25) is 5.84 Å². The van der Waals surface area contributed by atoms with Gasteiger partial charge in [-0.1, -0.05) is 64.0 Å². The highest BCUT2D eigenvalue weighted by Crippen LogP contribution is 2.22. The number of aliphatic hydroxyl groups excluding tert-OH is 1. The molecule has 0 radical (unpaired) electrons. The van der Waals surface area contributed by atoms with Gasteiger partial charge in [-0.05, 0) is 39.0 Å². The quantitative estimate of drug-likeness (QED) is 0.196. The Morgan fingerprint density at radius 1 is 0.923 bits per heavy atom. The fourth-order valence-corrected chi connectivity index (χ4v) is 4.11. The summed E-state index contributed by atoms with van der Waals surface area (Å²) >= 11 is 0. The molecule has 0 saturated carbocycles. The number of amidine groups is 1. The summed E-state index contributed by atoms with van der Waals surface area (Å²) in [6.45, 7) is 9.19. The van der Waals surface area contributed by atoms with Gasteiger partial charge in [0.25, 0.3) is 0 Å². The van der Waals surface area contributed by atoms with E-state index in [2.05, 4.69) is 26.0 Å². The summed E-state index contributed by atoms with van der Waals surface area (Å²) in [5, 5.41) is 10.2. The molecule has 0 bridgehead atoms. The van der Waals surface area contributed by atoms with Crippen LogP contribution in [0.25, 0.3) is 0 Å². The van der Waals surface area contributed by atoms with E-state index in [1.165, 1.54) is 82.9 Å². The number of nitrogens with zero attached hydrogens (tertiary/aromatic N) is 2. The van der Waals surface area contributed by atoms with Crippen LogP contribution in [-0.2, 0) is 0 Å². The van der Waals surface area contributed by atoms with Crippen molar-refractivity contribution in [1.29, 1.82) is 0 Å². The molecule has 0 saturated heterocycles. The first-order valence-electron chi connectivity index (χ1n) is 11.4. The van der Waals surface area contributed by atoms with Gasteiger partial charge in [0, 0.05) is 13.3 Å². The lowest BCUT2D eigenvalue weighted by Gasteiger charge is -2.36. The van der Waals surface area contributed by atoms with Gasteiger partial charge in [0.15, 0.2) is 6.23 Å². The molecule has 1 aliphatic rings. The van der Waals surface area contributed by atoms with Crippen molar-refractivity contribution in [3.05, 3.63) is 12.2 Å². The fourth-order valence-electron chi connectivity index (χ4n) is 4.11. The van der Waals surface area contributed by atoms with Crippen molar-refractivity contribution in [2.24, 2.45) is 4.99 Å². The Balaban J connectivity index is 1.98. The molecule has 0 fully saturated rings. The van der Waals surface area contributed by atoms with E-state index in [0.717, 1.165) is 26.1 Å². The second kappa shape index (κ2) is 14.4. The van der Waals surface area contributed by atoms with Crippen molar-refractivity contribution in [2.75, 3.05) is 19.6 Å². The zero-order valence-electron chi connectivity index (χ0n) is 17.9. The smallest absolute Gasteiger partial charge is 0.200 e. The van der Waals surface area contributed by atoms with Crippen LogP contribution in [0.3, 0.4) is 0 Å². The number of hydrogen-bond donors (Lipinski definition) is 1. The third-order valence-corrected chi connectivity index (χ3v) is 6.00. The number of quaternary nitrogens is 1. The molecule has 0 aromatic rings. The predicted octanol–water partition coefficient (Wildman–Crippen LogP) is 6.22. The average molecular weight is 366 g/mol. The second-order valence-corrected chi connectivity index (χ2v) is 7.98. The second-order valence-electron chi connectivity index (χ2n) is 7.98. The van der Waals surface area contributed by atoms with E-state index in [1.807, 2.05) is 6.92 Å². The number of aliphatic hydroxyl groups is 1. The summed E-state index contributed by atoms with van der Waals surface area (Å²) in [6, 6.07) is 0. The van der Waals surface area contributed by atoms with E-state index in [-0.39, 0.29) is 6.23 Å². The number of allylic oxidation sites excluding steroid dienone is 2. The number of likely N-dealkylation sites (N-methyl/N-ethyl adjacent to an activating group) is 1. The van der Waals surface area contributed by atoms with Crippen molar-refractivity contribution >= 4 is 5.84 Å². The van der Waals surface area contributed by atoms with Crippen LogP contribution in [0, 0.1) is 0 Å². The van der Waals surface area contributed by atoms with Crippen molar-refractivity contribution in [3.8, 4) is 0 Å². The molecule has 0 amide bonds. The number of unbranched alkanes of at least 4 members (excludes halogenated alkanes) is 10. The first-order valence-corrected chi connectivity index (χ1v) is 11.4. The van der Waals surface area contributed by atoms with E-state index < -0.39 is 0 Å². The normalized spacial score (nSPS) is 21.5. The number of rotatable bonds is 16. The molecule has 0 spiro atoms. The highest BCUT2D eigenvalue weighted by molar-refractivity contribution is 5.76. The fraction of sp³-hybridized carbons (Fsp3) is 0.870. The minimum absolute atomic E-state index is 0.320. The van der Waals surface area contributed by atoms with Crippen LogP contribution >= 0.6 is 0 Å². The summed E-state index contributed by atoms with van der Waals surface area (Å²) in [5.74, 6) is 1.24. The Hall–Kier alpha value is -0.670. The van der Waals surface area contributed by atoms with Gasteiger partial charge in [-0.3, -0.25) is 4.48 Å². The zero-order valence-corrected chi connectivity index (χ0v) is 17.9. The summed E-state index contributed by atoms with van der Waals surface area (Å²) in [4.78, 5) is 4.70. The van der Waals surface area contributed by atoms with Crippen LogP contribution in [-0.4, -0.2) is 41.3 Å². The maximum Gasteiger partial charge on any atom is 0.200 e. The molecule has 0 aromatic carbocycles. The molecule has 0 aromatic heterocycles. The summed E-state index contributed by atoms with van der Waals surface area (Å²) in [7, 11) is 0. The van der Waals surface area contributed by atoms with Crippen molar-refractivity contribution in [3.63, 3.8) is 0 Å². The highest BCUT2D eigenvalue weighted by Gasteiger charge is 2.40. The number of aliphatic imine (C=N–C) groups is 1. The Labute approximate surface area is 163 Å². The molecule has 3 nitrogen and oxygen atoms in total. The molecule has 3 heteroatoms. The zero-order chi connectivity index (χ0) is 19.1. The molecular formula is C23H45N2O+. The van der Waals surface area contributed by atoms with Gasteiger partial charge >= 0.3 is 0 Å². The van der Waals surface area contributed by atoms with E-state index in [4.69, 9.17) is 4.99 Å². The van der Waals surface area contributed by atoms with E-state index in [9.17, 15) is 5.11 Å². The molecule has 152 valence electrons. The molecule has 2 atom stereocenters. The van der Waals surface area contributed by atoms with Crippen molar-refractivity contribution in [2.45, 2.75) is 110 Å². The molecule has 1 aliphatic heterocycles. The monoisotopic (exact) mass is 365 g/mol. The largest absolute Gasteiger partial charge is 0.345 e. The van der Waals surface area contributed by atoms with E-state index in [1.54, 1.807) is 0 Å². The van der Waals surface area contributed by atoms with Crippen LogP contribution in [0.4, 0.5) is 0 Å². The van der Waals surface area contributed by atoms with Gasteiger partial charge < -0.3 is 5.11 Å². The molecule has 26 heavy (non-hydrogen) atoms. The van der Waals surface area contributed by atoms with E-state index >= 15 is 0 Å². The van der Waals surface area contributed by atoms with Gasteiger partial charge in [0.1, 0.15) is 6.54 Å². The summed E-state index contributed by atoms with van der Waals surface area (Å²) in [6.07, 6.45) is 21.5. The predicted molar refractivity (Wildman–Crippen MR) is 114 cm³/mol. The third kappa shape index (κ3) is 8.35. The van der Waals surface area contributed by atoms with Crippen molar-refractivity contribution in [1.82, 2.24) is 0 Å². The minimum Gasteiger partial charge on any atom is -0.345 e. The Morgan fingerprint density at radius 2 is 1.50 bits per heavy atom. The lowest BCUT2D eigenvalue weighted by atomic mass is 10.1. The Kier molecular flexibility index (Phi) is 12.9. The molecular weight excluding hydrogens is 320 g/mol. The lowest BCUT2D eigenvalue weighted by molar-refractivity contribution is -0.882. The topological polar surface area (TPSA) is 32.6 Å². The maximum atomic E-state index is 10.2. The maximum absolute atomic E-state index is 10.2. The average Bonchev–Trinajstić information content (AvgIpc) is 3.06. The van der Waals surface area contributed by atoms with Gasteiger partial charge in [0.05, 0.1) is 13.1 Å². The Bertz CT molecular complexity index is 403. The minimum atomic E-state index is -0.320. The summed E-state index contributed by atoms with van der Waals surface area (Å²) in [5.41, 5.74) is 0. The van der Waals surface area contributed by atoms with Crippen molar-refractivity contribution < 1.29 is 9.59 Å². The lowest BCUT2D eigenvalue weighted by Crippen LogP contribution is -2.56. The van der Waals surface area contributed by atoms with Crippen LogP contribution in [0.15, 0.2) is 17.1 Å². The first-order chi connectivity index (χ1) is 12.7. The van der Waals surface area contributed by atoms with Gasteiger partial charge in [-0.2, -0.15) is 0 Å². The van der Waals surface area contributed by atoms with Gasteiger partial charge in [-0.15, -0.1) is 0 Å². The van der Waals surface area contributed by atoms with Gasteiger partial charge in [-0.25, -0.2) is 4.99 Å². The van der Waals surface area contributed by atoms with Crippen LogP contribution in [0.5, 0.6) is 0 Å². The molecule has 0 aliphatic carbocycles. The third-order valence-electron chi connectivity index (χ3n) is 6.00. The Morgan fingerprint density at radius 3 is 2.08 bits per heavy atom. The number of hydrogen-bond acceptors (Lipinski definition) is 2. The van der Waals surface area contributed by atoms with E-state index in [0.29, 0.717) is 4.48 Å². The first kappa shape index (κ1) is 23.4. The standard InChI is InChI=1S/C23H45N2O/c1-4-6-7-8-9-10-11-12-13-14-15-16-17-18-19-23-24-20-21-25(23,5-2)22(3)26/h11-12,22,26H,4-10,13-21H2,1-3H3/q+1/b12-11+. The SMILES string of the molecule is CCCCCCC/C=C/CCCCCCCC1=NCC[N+]1(CC)C(C)O. The summed E-state index contributed by atoms with van der Waals surface area (Å²) < 4.78 is 0.712. The van der Waals surface area contributed by atoms with Crippen LogP contribution in [0.1, 0.15) is 104 Å². The molecule has 2 unspecified atom stereocenters.